The summed E-state index contributed by atoms with van der Waals surface area (Å²) in [5, 5.41) is 3.63. The van der Waals surface area contributed by atoms with Crippen molar-refractivity contribution in [1.82, 2.24) is 10.3 Å². The Labute approximate surface area is 96.8 Å². The summed E-state index contributed by atoms with van der Waals surface area (Å²) in [6, 6.07) is 3.75. The van der Waals surface area contributed by atoms with Gasteiger partial charge in [0, 0.05) is 23.1 Å². The Morgan fingerprint density at radius 3 is 2.59 bits per heavy atom. The molecule has 17 heavy (non-hydrogen) atoms. The number of fused-ring (bicyclic) bond motifs is 1. The molecule has 0 amide bonds. The Balaban J connectivity index is 2.58. The second-order valence-electron chi connectivity index (χ2n) is 4.01. The summed E-state index contributed by atoms with van der Waals surface area (Å²) in [5.41, 5.74) is 0.942. The second kappa shape index (κ2) is 4.07. The van der Waals surface area contributed by atoms with Gasteiger partial charge >= 0.3 is 6.18 Å². The first-order valence-corrected chi connectivity index (χ1v) is 5.29. The minimum absolute atomic E-state index is 0.00670. The highest BCUT2D eigenvalue weighted by molar-refractivity contribution is 5.84. The van der Waals surface area contributed by atoms with Crippen molar-refractivity contribution >= 4 is 10.9 Å². The van der Waals surface area contributed by atoms with Crippen molar-refractivity contribution in [2.24, 2.45) is 0 Å². The molecule has 92 valence electrons. The Kier molecular flexibility index (Phi) is 2.87. The van der Waals surface area contributed by atoms with Crippen LogP contribution in [0.4, 0.5) is 13.2 Å². The van der Waals surface area contributed by atoms with Crippen LogP contribution in [0.1, 0.15) is 24.1 Å². The molecule has 5 heteroatoms. The summed E-state index contributed by atoms with van der Waals surface area (Å²) in [7, 11) is 1.77. The first-order valence-electron chi connectivity index (χ1n) is 5.29. The molecular weight excluding hydrogens is 229 g/mol. The molecule has 2 nitrogen and oxygen atoms in total. The molecule has 0 aliphatic rings. The molecule has 2 N–H and O–H groups in total. The zero-order valence-electron chi connectivity index (χ0n) is 9.52. The number of rotatable bonds is 2. The van der Waals surface area contributed by atoms with Crippen LogP contribution in [0.15, 0.2) is 24.4 Å². The number of H-pyrrole nitrogens is 1. The van der Waals surface area contributed by atoms with Gasteiger partial charge in [-0.2, -0.15) is 13.2 Å². The van der Waals surface area contributed by atoms with Gasteiger partial charge in [-0.1, -0.05) is 0 Å². The fourth-order valence-electron chi connectivity index (χ4n) is 1.83. The van der Waals surface area contributed by atoms with Crippen molar-refractivity contribution in [3.05, 3.63) is 35.5 Å². The van der Waals surface area contributed by atoms with Crippen LogP contribution in [0, 0.1) is 0 Å². The van der Waals surface area contributed by atoms with Gasteiger partial charge in [-0.05, 0) is 37.7 Å². The third-order valence-electron chi connectivity index (χ3n) is 2.94. The molecule has 1 aromatic carbocycles. The van der Waals surface area contributed by atoms with E-state index in [1.165, 1.54) is 12.1 Å². The quantitative estimate of drug-likeness (QED) is 0.829. The van der Waals surface area contributed by atoms with Gasteiger partial charge < -0.3 is 10.3 Å². The number of aromatic nitrogens is 1. The van der Waals surface area contributed by atoms with Crippen LogP contribution in [0.2, 0.25) is 0 Å². The van der Waals surface area contributed by atoms with Crippen LogP contribution in [-0.4, -0.2) is 12.0 Å². The molecule has 1 heterocycles. The summed E-state index contributed by atoms with van der Waals surface area (Å²) in [5.74, 6) is 0. The van der Waals surface area contributed by atoms with Crippen LogP contribution in [0.3, 0.4) is 0 Å². The van der Waals surface area contributed by atoms with Crippen molar-refractivity contribution < 1.29 is 13.2 Å². The lowest BCUT2D eigenvalue weighted by molar-refractivity contribution is -0.137. The zero-order valence-corrected chi connectivity index (χ0v) is 9.52. The monoisotopic (exact) mass is 242 g/mol. The number of aromatic amines is 1. The Bertz CT molecular complexity index is 528. The Morgan fingerprint density at radius 1 is 1.29 bits per heavy atom. The van der Waals surface area contributed by atoms with Crippen molar-refractivity contribution in [3.63, 3.8) is 0 Å². The first-order chi connectivity index (χ1) is 7.93. The van der Waals surface area contributed by atoms with Gasteiger partial charge in [0.1, 0.15) is 0 Å². The molecule has 1 aromatic heterocycles. The number of hydrogen-bond donors (Lipinski definition) is 2. The van der Waals surface area contributed by atoms with Crippen molar-refractivity contribution in [2.75, 3.05) is 7.05 Å². The molecule has 0 radical (unpaired) electrons. The van der Waals surface area contributed by atoms with E-state index in [0.29, 0.717) is 5.39 Å². The average Bonchev–Trinajstić information content (AvgIpc) is 2.69. The van der Waals surface area contributed by atoms with Crippen LogP contribution < -0.4 is 5.32 Å². The molecule has 1 atom stereocenters. The van der Waals surface area contributed by atoms with Crippen LogP contribution in [-0.2, 0) is 6.18 Å². The average molecular weight is 242 g/mol. The topological polar surface area (TPSA) is 27.8 Å². The van der Waals surface area contributed by atoms with E-state index in [-0.39, 0.29) is 6.04 Å². The van der Waals surface area contributed by atoms with Crippen LogP contribution in [0.25, 0.3) is 10.9 Å². The van der Waals surface area contributed by atoms with Gasteiger partial charge in [-0.3, -0.25) is 0 Å². The highest BCUT2D eigenvalue weighted by Crippen LogP contribution is 2.33. The molecule has 0 bridgehead atoms. The van der Waals surface area contributed by atoms with E-state index in [1.807, 2.05) is 6.92 Å². The lowest BCUT2D eigenvalue weighted by atomic mass is 10.0. The van der Waals surface area contributed by atoms with Crippen molar-refractivity contribution in [1.29, 1.82) is 0 Å². The lowest BCUT2D eigenvalue weighted by Gasteiger charge is -2.10. The van der Waals surface area contributed by atoms with Gasteiger partial charge in [0.15, 0.2) is 0 Å². The van der Waals surface area contributed by atoms with E-state index in [1.54, 1.807) is 13.2 Å². The number of hydrogen-bond acceptors (Lipinski definition) is 1. The number of halogens is 3. The maximum Gasteiger partial charge on any atom is 0.416 e. The predicted molar refractivity (Wildman–Crippen MR) is 60.8 cm³/mol. The third kappa shape index (κ3) is 2.15. The van der Waals surface area contributed by atoms with Gasteiger partial charge in [-0.25, -0.2) is 0 Å². The fraction of sp³-hybridized carbons (Fsp3) is 0.333. The number of benzene rings is 1. The van der Waals surface area contributed by atoms with Crippen LogP contribution >= 0.6 is 0 Å². The maximum atomic E-state index is 12.6. The highest BCUT2D eigenvalue weighted by Gasteiger charge is 2.30. The van der Waals surface area contributed by atoms with E-state index in [0.717, 1.165) is 17.1 Å². The largest absolute Gasteiger partial charge is 0.416 e. The van der Waals surface area contributed by atoms with Gasteiger partial charge in [-0.15, -0.1) is 0 Å². The van der Waals surface area contributed by atoms with Gasteiger partial charge in [0.25, 0.3) is 0 Å². The predicted octanol–water partition coefficient (Wildman–Crippen LogP) is 3.47. The van der Waals surface area contributed by atoms with E-state index in [4.69, 9.17) is 0 Å². The van der Waals surface area contributed by atoms with E-state index < -0.39 is 11.7 Å². The normalized spacial score (nSPS) is 14.2. The molecule has 0 aliphatic heterocycles. The lowest BCUT2D eigenvalue weighted by Crippen LogP contribution is -2.12. The highest BCUT2D eigenvalue weighted by atomic mass is 19.4. The SMILES string of the molecule is CNC(C)c1c[nH]c2ccc(C(F)(F)F)cc12. The molecular formula is C12H13F3N2. The standard InChI is InChI=1S/C12H13F3N2/c1-7(16-2)10-6-17-11-4-3-8(5-9(10)11)12(13,14)15/h3-7,16-17H,1-2H3. The van der Waals surface area contributed by atoms with Crippen molar-refractivity contribution in [2.45, 2.75) is 19.1 Å². The van der Waals surface area contributed by atoms with E-state index in [2.05, 4.69) is 10.3 Å². The summed E-state index contributed by atoms with van der Waals surface area (Å²) >= 11 is 0. The van der Waals surface area contributed by atoms with Crippen molar-refractivity contribution in [3.8, 4) is 0 Å². The number of nitrogens with one attached hydrogen (secondary N) is 2. The molecule has 0 spiro atoms. The van der Waals surface area contributed by atoms with E-state index in [9.17, 15) is 13.2 Å². The third-order valence-corrected chi connectivity index (χ3v) is 2.94. The van der Waals surface area contributed by atoms with Crippen LogP contribution in [0.5, 0.6) is 0 Å². The summed E-state index contributed by atoms with van der Waals surface area (Å²) in [6.07, 6.45) is -2.56. The summed E-state index contributed by atoms with van der Waals surface area (Å²) in [4.78, 5) is 2.97. The molecule has 0 aliphatic carbocycles. The summed E-state index contributed by atoms with van der Waals surface area (Å²) < 4.78 is 37.8. The molecule has 2 aromatic rings. The molecule has 2 rings (SSSR count). The Hall–Kier alpha value is -1.49. The first kappa shape index (κ1) is 12.0. The maximum absolute atomic E-state index is 12.6. The molecule has 1 unspecified atom stereocenters. The fourth-order valence-corrected chi connectivity index (χ4v) is 1.83. The number of alkyl halides is 3. The minimum Gasteiger partial charge on any atom is -0.361 e. The smallest absolute Gasteiger partial charge is 0.361 e. The Morgan fingerprint density at radius 2 is 2.00 bits per heavy atom. The molecule has 0 saturated heterocycles. The minimum atomic E-state index is -4.30. The zero-order chi connectivity index (χ0) is 12.6. The second-order valence-corrected chi connectivity index (χ2v) is 4.01. The van der Waals surface area contributed by atoms with E-state index >= 15 is 0 Å². The van der Waals surface area contributed by atoms with Gasteiger partial charge in [0.2, 0.25) is 0 Å². The molecule has 0 saturated carbocycles. The summed E-state index contributed by atoms with van der Waals surface area (Å²) in [6.45, 7) is 1.91. The van der Waals surface area contributed by atoms with Gasteiger partial charge in [0.05, 0.1) is 5.56 Å². The molecule has 0 fully saturated rings.